The Hall–Kier alpha value is -0.540. The van der Waals surface area contributed by atoms with Crippen LogP contribution in [-0.2, 0) is 5.33 Å². The molecule has 2 aromatic rings. The van der Waals surface area contributed by atoms with E-state index in [9.17, 15) is 5.11 Å². The van der Waals surface area contributed by atoms with Gasteiger partial charge in [0.05, 0.1) is 0 Å². The summed E-state index contributed by atoms with van der Waals surface area (Å²) in [5, 5.41) is 11.4. The number of rotatable bonds is 1. The van der Waals surface area contributed by atoms with Gasteiger partial charge >= 0.3 is 0 Å². The number of hydrogen-bond donors (Lipinski definition) is 1. The van der Waals surface area contributed by atoms with Crippen LogP contribution in [0.25, 0.3) is 10.1 Å². The van der Waals surface area contributed by atoms with Gasteiger partial charge in [-0.1, -0.05) is 22.0 Å². The monoisotopic (exact) mass is 256 g/mol. The number of halogens is 1. The van der Waals surface area contributed by atoms with Crippen molar-refractivity contribution in [2.45, 2.75) is 12.3 Å². The second-order valence-corrected chi connectivity index (χ2v) is 4.69. The summed E-state index contributed by atoms with van der Waals surface area (Å²) < 4.78 is 1.19. The van der Waals surface area contributed by atoms with E-state index in [1.807, 2.05) is 12.1 Å². The molecule has 0 saturated carbocycles. The predicted octanol–water partition coefficient (Wildman–Crippen LogP) is 3.81. The van der Waals surface area contributed by atoms with Gasteiger partial charge in [0, 0.05) is 20.3 Å². The molecule has 0 amide bonds. The van der Waals surface area contributed by atoms with Crippen LogP contribution < -0.4 is 0 Å². The third-order valence-electron chi connectivity index (χ3n) is 2.04. The average Bonchev–Trinajstić information content (AvgIpc) is 2.56. The molecule has 1 aromatic heterocycles. The van der Waals surface area contributed by atoms with Crippen LogP contribution in [-0.4, -0.2) is 5.11 Å². The molecule has 0 atom stereocenters. The largest absolute Gasteiger partial charge is 0.507 e. The zero-order valence-electron chi connectivity index (χ0n) is 7.17. The Balaban J connectivity index is 2.80. The molecule has 1 N–H and O–H groups in total. The van der Waals surface area contributed by atoms with Gasteiger partial charge in [0.2, 0.25) is 0 Å². The van der Waals surface area contributed by atoms with Crippen molar-refractivity contribution in [3.63, 3.8) is 0 Å². The lowest BCUT2D eigenvalue weighted by Gasteiger charge is -1.96. The highest BCUT2D eigenvalue weighted by atomic mass is 79.9. The number of thiophene rings is 1. The van der Waals surface area contributed by atoms with Gasteiger partial charge in [0.1, 0.15) is 5.75 Å². The fourth-order valence-corrected chi connectivity index (χ4v) is 2.86. The van der Waals surface area contributed by atoms with Crippen molar-refractivity contribution in [3.8, 4) is 5.75 Å². The van der Waals surface area contributed by atoms with E-state index in [1.165, 1.54) is 15.1 Å². The Morgan fingerprint density at radius 3 is 2.85 bits per heavy atom. The van der Waals surface area contributed by atoms with Crippen LogP contribution in [0, 0.1) is 6.92 Å². The summed E-state index contributed by atoms with van der Waals surface area (Å²) >= 11 is 5.14. The molecule has 1 aromatic carbocycles. The van der Waals surface area contributed by atoms with Gasteiger partial charge in [0.25, 0.3) is 0 Å². The predicted molar refractivity (Wildman–Crippen MR) is 60.9 cm³/mol. The van der Waals surface area contributed by atoms with Crippen molar-refractivity contribution in [2.75, 3.05) is 0 Å². The number of fused-ring (bicyclic) bond motifs is 1. The highest BCUT2D eigenvalue weighted by Crippen LogP contribution is 2.35. The molecular formula is C10H9BrOS. The smallest absolute Gasteiger partial charge is 0.124 e. The van der Waals surface area contributed by atoms with Crippen molar-refractivity contribution >= 4 is 37.4 Å². The van der Waals surface area contributed by atoms with Crippen molar-refractivity contribution in [3.05, 3.63) is 28.6 Å². The fraction of sp³-hybridized carbons (Fsp3) is 0.200. The number of benzene rings is 1. The normalized spacial score (nSPS) is 10.9. The number of phenolic OH excluding ortho intramolecular Hbond substituents is 1. The van der Waals surface area contributed by atoms with Gasteiger partial charge in [-0.3, -0.25) is 0 Å². The van der Waals surface area contributed by atoms with E-state index in [4.69, 9.17) is 0 Å². The number of hydrogen-bond acceptors (Lipinski definition) is 2. The molecule has 0 spiro atoms. The van der Waals surface area contributed by atoms with E-state index in [-0.39, 0.29) is 0 Å². The molecule has 0 saturated heterocycles. The third-order valence-corrected chi connectivity index (χ3v) is 4.29. The fourth-order valence-electron chi connectivity index (χ4n) is 1.36. The molecular weight excluding hydrogens is 248 g/mol. The lowest BCUT2D eigenvalue weighted by atomic mass is 10.1. The molecule has 0 aliphatic heterocycles. The first-order valence-electron chi connectivity index (χ1n) is 3.99. The molecule has 13 heavy (non-hydrogen) atoms. The zero-order valence-corrected chi connectivity index (χ0v) is 9.58. The summed E-state index contributed by atoms with van der Waals surface area (Å²) in [6.45, 7) is 2.07. The van der Waals surface area contributed by atoms with E-state index in [0.29, 0.717) is 5.75 Å². The summed E-state index contributed by atoms with van der Waals surface area (Å²) in [6.07, 6.45) is 0. The Morgan fingerprint density at radius 1 is 1.46 bits per heavy atom. The summed E-state index contributed by atoms with van der Waals surface area (Å²) in [4.78, 5) is 1.25. The van der Waals surface area contributed by atoms with Crippen LogP contribution in [0.5, 0.6) is 5.75 Å². The second-order valence-electron chi connectivity index (χ2n) is 2.99. The molecule has 1 nitrogen and oxygen atoms in total. The number of phenols is 1. The van der Waals surface area contributed by atoms with E-state index >= 15 is 0 Å². The summed E-state index contributed by atoms with van der Waals surface area (Å²) in [6, 6.07) is 5.74. The highest BCUT2D eigenvalue weighted by molar-refractivity contribution is 9.08. The lowest BCUT2D eigenvalue weighted by molar-refractivity contribution is 0.481. The van der Waals surface area contributed by atoms with Crippen LogP contribution in [0.1, 0.15) is 10.4 Å². The first-order valence-corrected chi connectivity index (χ1v) is 5.93. The molecule has 0 aliphatic carbocycles. The number of aromatic hydroxyl groups is 1. The highest BCUT2D eigenvalue weighted by Gasteiger charge is 2.06. The van der Waals surface area contributed by atoms with Crippen molar-refractivity contribution in [1.82, 2.24) is 0 Å². The van der Waals surface area contributed by atoms with E-state index in [2.05, 4.69) is 22.9 Å². The van der Waals surface area contributed by atoms with Crippen molar-refractivity contribution in [2.24, 2.45) is 0 Å². The first-order chi connectivity index (χ1) is 6.22. The molecule has 0 unspecified atom stereocenters. The summed E-state index contributed by atoms with van der Waals surface area (Å²) in [5.74, 6) is 0.379. The van der Waals surface area contributed by atoms with Crippen LogP contribution in [0.2, 0.25) is 0 Å². The van der Waals surface area contributed by atoms with Gasteiger partial charge in [-0.05, 0) is 24.6 Å². The molecule has 2 rings (SSSR count). The van der Waals surface area contributed by atoms with Crippen LogP contribution in [0.3, 0.4) is 0 Å². The maximum absolute atomic E-state index is 9.60. The van der Waals surface area contributed by atoms with Crippen molar-refractivity contribution in [1.29, 1.82) is 0 Å². The van der Waals surface area contributed by atoms with Gasteiger partial charge in [-0.25, -0.2) is 0 Å². The molecule has 68 valence electrons. The minimum atomic E-state index is 0.379. The zero-order chi connectivity index (χ0) is 9.42. The third kappa shape index (κ3) is 1.46. The minimum absolute atomic E-state index is 0.379. The van der Waals surface area contributed by atoms with E-state index in [1.54, 1.807) is 17.4 Å². The topological polar surface area (TPSA) is 20.2 Å². The Kier molecular flexibility index (Phi) is 2.30. The number of alkyl halides is 1. The van der Waals surface area contributed by atoms with Gasteiger partial charge in [0.15, 0.2) is 0 Å². The first kappa shape index (κ1) is 9.03. The summed E-state index contributed by atoms with van der Waals surface area (Å²) in [7, 11) is 0. The minimum Gasteiger partial charge on any atom is -0.507 e. The Morgan fingerprint density at radius 2 is 2.23 bits per heavy atom. The van der Waals surface area contributed by atoms with Crippen LogP contribution >= 0.6 is 27.3 Å². The lowest BCUT2D eigenvalue weighted by Crippen LogP contribution is -1.71. The van der Waals surface area contributed by atoms with Crippen molar-refractivity contribution < 1.29 is 5.11 Å². The quantitative estimate of drug-likeness (QED) is 0.770. The molecule has 0 radical (unpaired) electrons. The van der Waals surface area contributed by atoms with E-state index < -0.39 is 0 Å². The molecule has 0 bridgehead atoms. The Bertz CT molecular complexity index is 408. The summed E-state index contributed by atoms with van der Waals surface area (Å²) in [5.41, 5.74) is 1.23. The molecule has 3 heteroatoms. The Labute approximate surface area is 89.1 Å². The molecule has 0 fully saturated rings. The average molecular weight is 257 g/mol. The number of aryl methyl sites for hydroxylation is 1. The SMILES string of the molecule is Cc1ccc(O)c2cc(CBr)sc12. The van der Waals surface area contributed by atoms with Crippen LogP contribution in [0.4, 0.5) is 0 Å². The molecule has 0 aliphatic rings. The molecule has 1 heterocycles. The maximum Gasteiger partial charge on any atom is 0.124 e. The van der Waals surface area contributed by atoms with Gasteiger partial charge in [-0.15, -0.1) is 11.3 Å². The second kappa shape index (κ2) is 3.31. The van der Waals surface area contributed by atoms with Gasteiger partial charge in [-0.2, -0.15) is 0 Å². The van der Waals surface area contributed by atoms with Gasteiger partial charge < -0.3 is 5.11 Å². The standard InChI is InChI=1S/C10H9BrOS/c1-6-2-3-9(12)8-4-7(5-11)13-10(6)8/h2-4,12H,5H2,1H3. The van der Waals surface area contributed by atoms with Crippen LogP contribution in [0.15, 0.2) is 18.2 Å². The maximum atomic E-state index is 9.60. The van der Waals surface area contributed by atoms with E-state index in [0.717, 1.165) is 10.7 Å².